The van der Waals surface area contributed by atoms with Gasteiger partial charge in [0.05, 0.1) is 17.8 Å². The number of hydrogen-bond acceptors (Lipinski definition) is 10. The third-order valence-corrected chi connectivity index (χ3v) is 4.76. The average molecular weight is 440 g/mol. The van der Waals surface area contributed by atoms with Gasteiger partial charge >= 0.3 is 25.7 Å². The normalized spacial score (nSPS) is 16.8. The van der Waals surface area contributed by atoms with E-state index in [1.165, 1.54) is 20.8 Å². The maximum absolute atomic E-state index is 13.1. The molecule has 0 saturated heterocycles. The van der Waals surface area contributed by atoms with Gasteiger partial charge in [-0.25, -0.2) is 18.1 Å². The standard InChI is InChI=1S/C18H33O10P/c1-10(2)16(19)23-13(7)26-29(22,27-14(8)24-17(20)11(3)4)28-15(9)25-18(21)12(5)6/h10-15H,1-9H3. The van der Waals surface area contributed by atoms with Crippen LogP contribution in [0.1, 0.15) is 62.3 Å². The Morgan fingerprint density at radius 1 is 0.517 bits per heavy atom. The Labute approximate surface area is 172 Å². The molecule has 0 radical (unpaired) electrons. The third kappa shape index (κ3) is 11.3. The molecule has 0 bridgehead atoms. The first kappa shape index (κ1) is 27.5. The quantitative estimate of drug-likeness (QED) is 0.192. The maximum Gasteiger partial charge on any atom is 0.484 e. The van der Waals surface area contributed by atoms with Crippen molar-refractivity contribution >= 4 is 25.7 Å². The zero-order valence-electron chi connectivity index (χ0n) is 18.5. The van der Waals surface area contributed by atoms with Gasteiger partial charge in [0, 0.05) is 0 Å². The summed E-state index contributed by atoms with van der Waals surface area (Å²) >= 11 is 0. The summed E-state index contributed by atoms with van der Waals surface area (Å²) in [5.41, 5.74) is 0. The van der Waals surface area contributed by atoms with Gasteiger partial charge in [-0.2, -0.15) is 0 Å². The van der Waals surface area contributed by atoms with Gasteiger partial charge in [-0.1, -0.05) is 41.5 Å². The van der Waals surface area contributed by atoms with E-state index < -0.39 is 62.4 Å². The van der Waals surface area contributed by atoms with Crippen LogP contribution in [0.5, 0.6) is 0 Å². The van der Waals surface area contributed by atoms with E-state index in [0.29, 0.717) is 0 Å². The first-order chi connectivity index (χ1) is 13.2. The summed E-state index contributed by atoms with van der Waals surface area (Å²) in [6.07, 6.45) is -3.93. The van der Waals surface area contributed by atoms with Crippen LogP contribution in [0.4, 0.5) is 0 Å². The lowest BCUT2D eigenvalue weighted by atomic mass is 10.2. The summed E-state index contributed by atoms with van der Waals surface area (Å²) in [6, 6.07) is 0. The van der Waals surface area contributed by atoms with Crippen molar-refractivity contribution < 1.29 is 46.7 Å². The van der Waals surface area contributed by atoms with E-state index in [1.54, 1.807) is 41.5 Å². The molecule has 0 fully saturated rings. The zero-order chi connectivity index (χ0) is 22.9. The molecule has 0 amide bonds. The molecule has 170 valence electrons. The van der Waals surface area contributed by atoms with Crippen molar-refractivity contribution in [2.45, 2.75) is 81.2 Å². The van der Waals surface area contributed by atoms with Gasteiger partial charge in [0.2, 0.25) is 18.9 Å². The zero-order valence-corrected chi connectivity index (χ0v) is 19.4. The van der Waals surface area contributed by atoms with E-state index in [0.717, 1.165) is 0 Å². The second kappa shape index (κ2) is 12.3. The fourth-order valence-corrected chi connectivity index (χ4v) is 2.95. The van der Waals surface area contributed by atoms with Gasteiger partial charge in [0.15, 0.2) is 0 Å². The number of rotatable bonds is 12. The highest BCUT2D eigenvalue weighted by atomic mass is 31.2. The summed E-state index contributed by atoms with van der Waals surface area (Å²) in [5, 5.41) is 0. The van der Waals surface area contributed by atoms with Crippen LogP contribution in [0, 0.1) is 17.8 Å². The minimum atomic E-state index is -4.48. The van der Waals surface area contributed by atoms with Crippen LogP contribution in [-0.2, 0) is 46.7 Å². The van der Waals surface area contributed by atoms with Crippen LogP contribution < -0.4 is 0 Å². The molecule has 0 aliphatic carbocycles. The van der Waals surface area contributed by atoms with Gasteiger partial charge in [-0.3, -0.25) is 14.4 Å². The van der Waals surface area contributed by atoms with E-state index in [2.05, 4.69) is 0 Å². The number of carbonyl (C=O) groups excluding carboxylic acids is 3. The number of phosphoric ester groups is 1. The molecule has 0 saturated carbocycles. The van der Waals surface area contributed by atoms with Crippen LogP contribution in [0.2, 0.25) is 0 Å². The molecule has 11 heteroatoms. The fourth-order valence-electron chi connectivity index (χ4n) is 1.58. The van der Waals surface area contributed by atoms with Crippen molar-refractivity contribution in [3.63, 3.8) is 0 Å². The Hall–Kier alpha value is -1.48. The summed E-state index contributed by atoms with van der Waals surface area (Å²) in [5.74, 6) is -3.12. The monoisotopic (exact) mass is 440 g/mol. The molecule has 10 nitrogen and oxygen atoms in total. The van der Waals surface area contributed by atoms with Crippen LogP contribution in [-0.4, -0.2) is 36.8 Å². The van der Waals surface area contributed by atoms with E-state index in [9.17, 15) is 18.9 Å². The van der Waals surface area contributed by atoms with Crippen molar-refractivity contribution in [3.05, 3.63) is 0 Å². The van der Waals surface area contributed by atoms with Crippen molar-refractivity contribution in [2.24, 2.45) is 17.8 Å². The summed E-state index contributed by atoms with van der Waals surface area (Å²) in [4.78, 5) is 35.1. The second-order valence-corrected chi connectivity index (χ2v) is 8.77. The largest absolute Gasteiger partial charge is 0.484 e. The smallest absolute Gasteiger partial charge is 0.435 e. The van der Waals surface area contributed by atoms with Crippen LogP contribution in [0.3, 0.4) is 0 Å². The Morgan fingerprint density at radius 3 is 0.897 bits per heavy atom. The molecular weight excluding hydrogens is 407 g/mol. The number of esters is 3. The molecule has 0 heterocycles. The summed E-state index contributed by atoms with van der Waals surface area (Å²) in [7, 11) is -4.48. The molecule has 0 aromatic heterocycles. The third-order valence-electron chi connectivity index (χ3n) is 3.09. The Bertz CT molecular complexity index is 521. The molecule has 0 N–H and O–H groups in total. The fraction of sp³-hybridized carbons (Fsp3) is 0.833. The SMILES string of the molecule is CC(OC(=O)C(C)C)OP(=O)(OC(C)OC(=O)C(C)C)OC(C)OC(=O)C(C)C. The molecule has 3 atom stereocenters. The molecular formula is C18H33O10P. The minimum Gasteiger partial charge on any atom is -0.435 e. The number of phosphoric acid groups is 1. The number of carbonyl (C=O) groups is 3. The molecule has 0 aromatic rings. The molecule has 29 heavy (non-hydrogen) atoms. The first-order valence-electron chi connectivity index (χ1n) is 9.43. The van der Waals surface area contributed by atoms with Gasteiger partial charge in [0.1, 0.15) is 0 Å². The molecule has 0 aliphatic heterocycles. The number of ether oxygens (including phenoxy) is 3. The highest BCUT2D eigenvalue weighted by Gasteiger charge is 2.37. The van der Waals surface area contributed by atoms with E-state index >= 15 is 0 Å². The predicted molar refractivity (Wildman–Crippen MR) is 102 cm³/mol. The lowest BCUT2D eigenvalue weighted by molar-refractivity contribution is -0.182. The summed E-state index contributed by atoms with van der Waals surface area (Å²) in [6.45, 7) is 13.6. The highest BCUT2D eigenvalue weighted by Crippen LogP contribution is 2.53. The average Bonchev–Trinajstić information content (AvgIpc) is 2.52. The van der Waals surface area contributed by atoms with Crippen molar-refractivity contribution in [1.82, 2.24) is 0 Å². The molecule has 3 unspecified atom stereocenters. The van der Waals surface area contributed by atoms with Crippen LogP contribution in [0.25, 0.3) is 0 Å². The Kier molecular flexibility index (Phi) is 11.6. The van der Waals surface area contributed by atoms with Gasteiger partial charge in [-0.05, 0) is 20.8 Å². The highest BCUT2D eigenvalue weighted by molar-refractivity contribution is 7.48. The lowest BCUT2D eigenvalue weighted by Crippen LogP contribution is -2.27. The molecule has 0 aliphatic rings. The first-order valence-corrected chi connectivity index (χ1v) is 10.9. The molecule has 0 spiro atoms. The molecule has 0 aromatic carbocycles. The van der Waals surface area contributed by atoms with Gasteiger partial charge in [0.25, 0.3) is 0 Å². The van der Waals surface area contributed by atoms with E-state index in [4.69, 9.17) is 27.8 Å². The molecule has 0 rings (SSSR count). The van der Waals surface area contributed by atoms with Crippen LogP contribution in [0.15, 0.2) is 0 Å². The second-order valence-electron chi connectivity index (χ2n) is 7.24. The van der Waals surface area contributed by atoms with Crippen molar-refractivity contribution in [2.75, 3.05) is 0 Å². The van der Waals surface area contributed by atoms with Crippen molar-refractivity contribution in [3.8, 4) is 0 Å². The lowest BCUT2D eigenvalue weighted by Gasteiger charge is -2.27. The number of hydrogen-bond donors (Lipinski definition) is 0. The Morgan fingerprint density at radius 2 is 0.724 bits per heavy atom. The van der Waals surface area contributed by atoms with Crippen LogP contribution >= 0.6 is 7.82 Å². The topological polar surface area (TPSA) is 124 Å². The van der Waals surface area contributed by atoms with E-state index in [-0.39, 0.29) is 0 Å². The predicted octanol–water partition coefficient (Wildman–Crippen LogP) is 3.78. The Balaban J connectivity index is 5.28. The van der Waals surface area contributed by atoms with Crippen molar-refractivity contribution in [1.29, 1.82) is 0 Å². The summed E-state index contributed by atoms with van der Waals surface area (Å²) < 4.78 is 43.6. The van der Waals surface area contributed by atoms with E-state index in [1.807, 2.05) is 0 Å². The maximum atomic E-state index is 13.1. The minimum absolute atomic E-state index is 0.445. The van der Waals surface area contributed by atoms with Gasteiger partial charge < -0.3 is 14.2 Å². The van der Waals surface area contributed by atoms with Gasteiger partial charge in [-0.15, -0.1) is 0 Å².